The van der Waals surface area contributed by atoms with Crippen molar-refractivity contribution < 1.29 is 24.1 Å². The van der Waals surface area contributed by atoms with E-state index in [-0.39, 0.29) is 24.7 Å². The maximum absolute atomic E-state index is 12.3. The Kier molecular flexibility index (Phi) is 5.60. The summed E-state index contributed by atoms with van der Waals surface area (Å²) in [6, 6.07) is 0. The second-order valence-electron chi connectivity index (χ2n) is 6.23. The van der Waals surface area contributed by atoms with E-state index >= 15 is 0 Å². The molecule has 0 aromatic rings. The van der Waals surface area contributed by atoms with Crippen LogP contribution in [0.5, 0.6) is 0 Å². The van der Waals surface area contributed by atoms with Crippen LogP contribution in [0.25, 0.3) is 0 Å². The Morgan fingerprint density at radius 2 is 2.23 bits per heavy atom. The predicted molar refractivity (Wildman–Crippen MR) is 80.9 cm³/mol. The molecule has 22 heavy (non-hydrogen) atoms. The van der Waals surface area contributed by atoms with Crippen LogP contribution in [0.3, 0.4) is 0 Å². The first-order valence-electron chi connectivity index (χ1n) is 7.90. The molecule has 0 aromatic heterocycles. The van der Waals surface area contributed by atoms with Crippen molar-refractivity contribution in [2.24, 2.45) is 5.92 Å². The third kappa shape index (κ3) is 3.51. The third-order valence-corrected chi connectivity index (χ3v) is 4.70. The summed E-state index contributed by atoms with van der Waals surface area (Å²) < 4.78 is 16.7. The molecule has 2 N–H and O–H groups in total. The van der Waals surface area contributed by atoms with Crippen molar-refractivity contribution >= 4 is 5.91 Å². The largest absolute Gasteiger partial charge is 0.378 e. The van der Waals surface area contributed by atoms with Gasteiger partial charge in [0.05, 0.1) is 6.10 Å². The molecule has 2 rings (SSSR count). The third-order valence-electron chi connectivity index (χ3n) is 4.70. The Hall–Kier alpha value is -0.950. The quantitative estimate of drug-likeness (QED) is 0.766. The lowest BCUT2D eigenvalue weighted by molar-refractivity contribution is -0.297. The highest BCUT2D eigenvalue weighted by molar-refractivity contribution is 5.81. The van der Waals surface area contributed by atoms with Gasteiger partial charge in [-0.1, -0.05) is 19.1 Å². The minimum absolute atomic E-state index is 0.153. The molecule has 2 aliphatic heterocycles. The highest BCUT2D eigenvalue weighted by Crippen LogP contribution is 2.38. The molecule has 2 aliphatic rings. The highest BCUT2D eigenvalue weighted by atomic mass is 16.7. The van der Waals surface area contributed by atoms with Crippen LogP contribution >= 0.6 is 0 Å². The van der Waals surface area contributed by atoms with Crippen LogP contribution in [0.4, 0.5) is 0 Å². The summed E-state index contributed by atoms with van der Waals surface area (Å²) in [6.07, 6.45) is 1.06. The molecule has 0 aromatic carbocycles. The Morgan fingerprint density at radius 1 is 1.50 bits per heavy atom. The van der Waals surface area contributed by atoms with E-state index in [1.54, 1.807) is 0 Å². The fourth-order valence-electron chi connectivity index (χ4n) is 2.95. The van der Waals surface area contributed by atoms with Gasteiger partial charge in [-0.25, -0.2) is 0 Å². The van der Waals surface area contributed by atoms with Crippen LogP contribution in [-0.2, 0) is 19.0 Å². The maximum Gasteiger partial charge on any atom is 0.256 e. The van der Waals surface area contributed by atoms with Crippen molar-refractivity contribution in [3.8, 4) is 0 Å². The molecule has 2 heterocycles. The average molecular weight is 313 g/mol. The fraction of sp³-hybridized carbons (Fsp3) is 0.812. The minimum Gasteiger partial charge on any atom is -0.378 e. The normalized spacial score (nSPS) is 37.6. The highest BCUT2D eigenvalue weighted by Gasteiger charge is 2.49. The first kappa shape index (κ1) is 17.4. The van der Waals surface area contributed by atoms with E-state index in [0.717, 1.165) is 24.8 Å². The molecule has 2 fully saturated rings. The number of ether oxygens (including phenoxy) is 3. The van der Waals surface area contributed by atoms with E-state index in [2.05, 4.69) is 11.9 Å². The number of carbonyl (C=O) groups excluding carboxylic acids is 1. The van der Waals surface area contributed by atoms with Gasteiger partial charge in [0.1, 0.15) is 6.23 Å². The van der Waals surface area contributed by atoms with Crippen LogP contribution < -0.4 is 5.32 Å². The van der Waals surface area contributed by atoms with Gasteiger partial charge in [0.2, 0.25) is 5.79 Å². The Labute approximate surface area is 131 Å². The zero-order chi connectivity index (χ0) is 16.3. The molecule has 0 unspecified atom stereocenters. The smallest absolute Gasteiger partial charge is 0.256 e. The summed E-state index contributed by atoms with van der Waals surface area (Å²) in [4.78, 5) is 12.3. The van der Waals surface area contributed by atoms with Crippen LogP contribution in [0.2, 0.25) is 0 Å². The van der Waals surface area contributed by atoms with Gasteiger partial charge >= 0.3 is 0 Å². The molecule has 5 atom stereocenters. The van der Waals surface area contributed by atoms with Crippen molar-refractivity contribution in [3.05, 3.63) is 12.2 Å². The molecule has 2 saturated heterocycles. The van der Waals surface area contributed by atoms with E-state index in [1.165, 1.54) is 7.11 Å². The van der Waals surface area contributed by atoms with Crippen molar-refractivity contribution in [2.75, 3.05) is 13.7 Å². The molecule has 0 spiro atoms. The lowest BCUT2D eigenvalue weighted by Gasteiger charge is -2.45. The number of methoxy groups -OCH3 is 1. The summed E-state index contributed by atoms with van der Waals surface area (Å²) in [5, 5.41) is 13.2. The Balaban J connectivity index is 2.05. The molecule has 6 heteroatoms. The van der Waals surface area contributed by atoms with Crippen molar-refractivity contribution in [1.82, 2.24) is 5.32 Å². The van der Waals surface area contributed by atoms with Crippen molar-refractivity contribution in [2.45, 2.75) is 63.8 Å². The van der Waals surface area contributed by atoms with Crippen LogP contribution in [-0.4, -0.2) is 49.0 Å². The van der Waals surface area contributed by atoms with Gasteiger partial charge in [-0.15, -0.1) is 0 Å². The number of aliphatic hydroxyl groups excluding tert-OH is 1. The van der Waals surface area contributed by atoms with E-state index in [4.69, 9.17) is 14.2 Å². The summed E-state index contributed by atoms with van der Waals surface area (Å²) in [5.41, 5.74) is 0.904. The number of hydrogen-bond acceptors (Lipinski definition) is 5. The first-order valence-corrected chi connectivity index (χ1v) is 7.90. The number of rotatable bonds is 4. The number of amides is 1. The molecular weight excluding hydrogens is 286 g/mol. The predicted octanol–water partition coefficient (Wildman–Crippen LogP) is 1.33. The van der Waals surface area contributed by atoms with Crippen LogP contribution in [0.15, 0.2) is 12.2 Å². The summed E-state index contributed by atoms with van der Waals surface area (Å²) >= 11 is 0. The number of hydrogen-bond donors (Lipinski definition) is 2. The lowest BCUT2D eigenvalue weighted by Crippen LogP contribution is -2.59. The lowest BCUT2D eigenvalue weighted by atomic mass is 9.85. The monoisotopic (exact) mass is 313 g/mol. The first-order chi connectivity index (χ1) is 10.4. The minimum atomic E-state index is -1.44. The van der Waals surface area contributed by atoms with Gasteiger partial charge in [0.25, 0.3) is 5.91 Å². The Bertz CT molecular complexity index is 421. The topological polar surface area (TPSA) is 77.0 Å². The summed E-state index contributed by atoms with van der Waals surface area (Å²) in [6.45, 7) is 8.54. The summed E-state index contributed by atoms with van der Waals surface area (Å²) in [7, 11) is 1.43. The van der Waals surface area contributed by atoms with E-state index < -0.39 is 17.8 Å². The summed E-state index contributed by atoms with van der Waals surface area (Å²) in [5.74, 6) is -1.77. The second-order valence-corrected chi connectivity index (χ2v) is 6.23. The number of nitrogens with one attached hydrogen (secondary N) is 1. The molecular formula is C16H27NO5. The fourth-order valence-corrected chi connectivity index (χ4v) is 2.95. The zero-order valence-corrected chi connectivity index (χ0v) is 13.6. The van der Waals surface area contributed by atoms with Gasteiger partial charge < -0.3 is 24.6 Å². The maximum atomic E-state index is 12.3. The van der Waals surface area contributed by atoms with Gasteiger partial charge in [-0.2, -0.15) is 0 Å². The molecule has 0 aliphatic carbocycles. The molecule has 6 nitrogen and oxygen atoms in total. The van der Waals surface area contributed by atoms with Crippen molar-refractivity contribution in [3.63, 3.8) is 0 Å². The van der Waals surface area contributed by atoms with Gasteiger partial charge in [-0.05, 0) is 26.2 Å². The molecule has 1 amide bonds. The Morgan fingerprint density at radius 3 is 2.77 bits per heavy atom. The number of carbonyl (C=O) groups is 1. The second kappa shape index (κ2) is 7.08. The molecule has 0 saturated carbocycles. The van der Waals surface area contributed by atoms with Gasteiger partial charge in [0.15, 0.2) is 6.10 Å². The van der Waals surface area contributed by atoms with E-state index in [9.17, 15) is 9.90 Å². The van der Waals surface area contributed by atoms with Crippen molar-refractivity contribution in [1.29, 1.82) is 0 Å². The van der Waals surface area contributed by atoms with Crippen LogP contribution in [0, 0.1) is 5.92 Å². The number of aliphatic hydroxyl groups is 1. The van der Waals surface area contributed by atoms with E-state index in [0.29, 0.717) is 6.61 Å². The van der Waals surface area contributed by atoms with Gasteiger partial charge in [0, 0.05) is 26.1 Å². The van der Waals surface area contributed by atoms with Crippen LogP contribution in [0.1, 0.15) is 39.5 Å². The van der Waals surface area contributed by atoms with E-state index in [1.807, 2.05) is 13.8 Å². The SMILES string of the molecule is C=C1C[C@@](OC)([C@@H](O)C(=O)N[C@@H]2CCCCO2)O[C@@H](C)[C@H]1C. The molecule has 126 valence electrons. The zero-order valence-electron chi connectivity index (χ0n) is 13.6. The van der Waals surface area contributed by atoms with Gasteiger partial charge in [-0.3, -0.25) is 4.79 Å². The standard InChI is InChI=1S/C16H27NO5/c1-10-9-16(20-4,22-12(3)11(10)2)14(18)15(19)17-13-7-5-6-8-21-13/h11-14,18H,1,5-9H2,2-4H3,(H,17,19)/t11-,12-,13-,14-,16-/m0/s1. The average Bonchev–Trinajstić information content (AvgIpc) is 2.52. The molecule has 0 bridgehead atoms. The molecule has 0 radical (unpaired) electrons.